The van der Waals surface area contributed by atoms with E-state index in [0.29, 0.717) is 13.1 Å². The van der Waals surface area contributed by atoms with Crippen molar-refractivity contribution in [2.75, 3.05) is 18.0 Å². The number of nitrogens with two attached hydrogens (primary N) is 1. The summed E-state index contributed by atoms with van der Waals surface area (Å²) in [4.78, 5) is 24.8. The molecular formula is C18H22N4O3. The fourth-order valence-electron chi connectivity index (χ4n) is 3.72. The van der Waals surface area contributed by atoms with Crippen molar-refractivity contribution >= 4 is 28.6 Å². The molecular weight excluding hydrogens is 320 g/mol. The number of carbonyl (C=O) groups excluding carboxylic acids is 2. The lowest BCUT2D eigenvalue weighted by Crippen LogP contribution is -2.33. The van der Waals surface area contributed by atoms with Gasteiger partial charge in [0.25, 0.3) is 0 Å². The first-order valence-electron chi connectivity index (χ1n) is 8.64. The highest BCUT2D eigenvalue weighted by atomic mass is 16.6. The second kappa shape index (κ2) is 6.07. The minimum absolute atomic E-state index is 0.0726. The Morgan fingerprint density at radius 3 is 3.04 bits per heavy atom. The van der Waals surface area contributed by atoms with Crippen LogP contribution in [0.1, 0.15) is 31.5 Å². The van der Waals surface area contributed by atoms with Gasteiger partial charge in [-0.2, -0.15) is 0 Å². The summed E-state index contributed by atoms with van der Waals surface area (Å²) in [6.45, 7) is 3.19. The molecule has 0 radical (unpaired) electrons. The second-order valence-corrected chi connectivity index (χ2v) is 6.77. The maximum Gasteiger partial charge on any atom is 0.414 e. The predicted octanol–water partition coefficient (Wildman–Crippen LogP) is 1.90. The fraction of sp³-hybridized carbons (Fsp3) is 0.444. The number of nitrogens with one attached hydrogen (secondary N) is 1. The zero-order valence-electron chi connectivity index (χ0n) is 14.2. The Kier molecular flexibility index (Phi) is 3.88. The molecule has 1 unspecified atom stereocenters. The van der Waals surface area contributed by atoms with Gasteiger partial charge in [-0.25, -0.2) is 4.79 Å². The van der Waals surface area contributed by atoms with E-state index in [1.54, 1.807) is 4.90 Å². The SMILES string of the molecule is CC(=O)NC[C@H]1CN(c2ccc3c(c2)cc2n3CCCC2N)C(=O)O1. The summed E-state index contributed by atoms with van der Waals surface area (Å²) >= 11 is 0. The summed E-state index contributed by atoms with van der Waals surface area (Å²) in [5.74, 6) is -0.133. The molecule has 2 amide bonds. The standard InChI is InChI=1S/C18H22N4O3/c1-11(23)20-9-14-10-22(18(24)25-14)13-4-5-16-12(7-13)8-17-15(19)3-2-6-21(16)17/h4-5,7-8,14-15H,2-3,6,9-10,19H2,1H3,(H,20,23)/t14-,15?/m0/s1. The molecule has 4 rings (SSSR count). The monoisotopic (exact) mass is 342 g/mol. The highest BCUT2D eigenvalue weighted by molar-refractivity contribution is 5.94. The van der Waals surface area contributed by atoms with E-state index < -0.39 is 0 Å². The van der Waals surface area contributed by atoms with Crippen LogP contribution in [0.15, 0.2) is 24.3 Å². The summed E-state index contributed by atoms with van der Waals surface area (Å²) in [7, 11) is 0. The Hall–Kier alpha value is -2.54. The molecule has 3 N–H and O–H groups in total. The van der Waals surface area contributed by atoms with Gasteiger partial charge in [-0.1, -0.05) is 0 Å². The van der Waals surface area contributed by atoms with Gasteiger partial charge in [-0.05, 0) is 37.1 Å². The lowest BCUT2D eigenvalue weighted by molar-refractivity contribution is -0.119. The quantitative estimate of drug-likeness (QED) is 0.891. The van der Waals surface area contributed by atoms with Gasteiger partial charge in [0.05, 0.1) is 13.1 Å². The van der Waals surface area contributed by atoms with E-state index in [0.717, 1.165) is 41.7 Å². The molecule has 7 nitrogen and oxygen atoms in total. The lowest BCUT2D eigenvalue weighted by atomic mass is 10.1. The van der Waals surface area contributed by atoms with E-state index in [9.17, 15) is 9.59 Å². The number of fused-ring (bicyclic) bond motifs is 3. The molecule has 2 aliphatic rings. The van der Waals surface area contributed by atoms with Crippen LogP contribution in [-0.2, 0) is 16.1 Å². The Bertz CT molecular complexity index is 844. The number of anilines is 1. The summed E-state index contributed by atoms with van der Waals surface area (Å²) in [6, 6.07) is 8.19. The van der Waals surface area contributed by atoms with E-state index in [-0.39, 0.29) is 24.1 Å². The number of hydrogen-bond donors (Lipinski definition) is 2. The molecule has 1 fully saturated rings. The van der Waals surface area contributed by atoms with Crippen molar-refractivity contribution in [2.45, 2.75) is 38.5 Å². The van der Waals surface area contributed by atoms with Crippen LogP contribution in [0, 0.1) is 0 Å². The van der Waals surface area contributed by atoms with Crippen LogP contribution in [0.3, 0.4) is 0 Å². The van der Waals surface area contributed by atoms with E-state index in [4.69, 9.17) is 10.5 Å². The van der Waals surface area contributed by atoms with Crippen LogP contribution in [0.25, 0.3) is 10.9 Å². The first kappa shape index (κ1) is 16.0. The van der Waals surface area contributed by atoms with Crippen LogP contribution in [0.4, 0.5) is 10.5 Å². The van der Waals surface area contributed by atoms with E-state index in [1.165, 1.54) is 6.92 Å². The summed E-state index contributed by atoms with van der Waals surface area (Å²) in [6.07, 6.45) is 1.38. The summed E-state index contributed by atoms with van der Waals surface area (Å²) in [5, 5.41) is 3.77. The predicted molar refractivity (Wildman–Crippen MR) is 94.4 cm³/mol. The van der Waals surface area contributed by atoms with Gasteiger partial charge >= 0.3 is 6.09 Å². The van der Waals surface area contributed by atoms with Crippen LogP contribution >= 0.6 is 0 Å². The molecule has 2 aromatic rings. The normalized spacial score (nSPS) is 22.8. The number of rotatable bonds is 3. The van der Waals surface area contributed by atoms with Gasteiger partial charge in [0.15, 0.2) is 0 Å². The lowest BCUT2D eigenvalue weighted by Gasteiger charge is -2.22. The molecule has 1 aromatic carbocycles. The smallest absolute Gasteiger partial charge is 0.414 e. The zero-order chi connectivity index (χ0) is 17.6. The number of aryl methyl sites for hydroxylation is 1. The summed E-state index contributed by atoms with van der Waals surface area (Å²) in [5.41, 5.74) is 9.34. The van der Waals surface area contributed by atoms with E-state index in [2.05, 4.69) is 16.0 Å². The second-order valence-electron chi connectivity index (χ2n) is 6.77. The van der Waals surface area contributed by atoms with Gasteiger partial charge in [0.2, 0.25) is 5.91 Å². The maximum atomic E-state index is 12.2. The van der Waals surface area contributed by atoms with Crippen LogP contribution in [0.2, 0.25) is 0 Å². The number of nitrogens with zero attached hydrogens (tertiary/aromatic N) is 2. The largest absolute Gasteiger partial charge is 0.442 e. The highest BCUT2D eigenvalue weighted by Gasteiger charge is 2.32. The van der Waals surface area contributed by atoms with E-state index in [1.807, 2.05) is 18.2 Å². The molecule has 2 aliphatic heterocycles. The van der Waals surface area contributed by atoms with Gasteiger partial charge in [0, 0.05) is 41.8 Å². The third-order valence-corrected chi connectivity index (χ3v) is 4.96. The van der Waals surface area contributed by atoms with Crippen molar-refractivity contribution in [1.82, 2.24) is 9.88 Å². The number of carbonyl (C=O) groups is 2. The van der Waals surface area contributed by atoms with E-state index >= 15 is 0 Å². The van der Waals surface area contributed by atoms with Crippen molar-refractivity contribution in [2.24, 2.45) is 5.73 Å². The fourth-order valence-corrected chi connectivity index (χ4v) is 3.72. The van der Waals surface area contributed by atoms with Gasteiger partial charge in [0.1, 0.15) is 6.10 Å². The van der Waals surface area contributed by atoms with Crippen molar-refractivity contribution in [1.29, 1.82) is 0 Å². The zero-order valence-corrected chi connectivity index (χ0v) is 14.2. The van der Waals surface area contributed by atoms with Crippen molar-refractivity contribution in [3.63, 3.8) is 0 Å². The number of amides is 2. The van der Waals surface area contributed by atoms with Crippen LogP contribution in [0.5, 0.6) is 0 Å². The Labute approximate surface area is 145 Å². The molecule has 1 aromatic heterocycles. The third kappa shape index (κ3) is 2.84. The van der Waals surface area contributed by atoms with Crippen LogP contribution in [-0.4, -0.2) is 35.8 Å². The summed E-state index contributed by atoms with van der Waals surface area (Å²) < 4.78 is 7.61. The molecule has 0 saturated carbocycles. The van der Waals surface area contributed by atoms with Crippen molar-refractivity contribution in [3.8, 4) is 0 Å². The molecule has 3 heterocycles. The Morgan fingerprint density at radius 1 is 1.40 bits per heavy atom. The molecule has 132 valence electrons. The highest BCUT2D eigenvalue weighted by Crippen LogP contribution is 2.33. The number of hydrogen-bond acceptors (Lipinski definition) is 4. The average Bonchev–Trinajstić information content (AvgIpc) is 3.14. The van der Waals surface area contributed by atoms with Crippen molar-refractivity contribution in [3.05, 3.63) is 30.0 Å². The minimum Gasteiger partial charge on any atom is -0.442 e. The third-order valence-electron chi connectivity index (χ3n) is 4.96. The number of aromatic nitrogens is 1. The molecule has 0 aliphatic carbocycles. The number of benzene rings is 1. The topological polar surface area (TPSA) is 89.6 Å². The Morgan fingerprint density at radius 2 is 2.24 bits per heavy atom. The van der Waals surface area contributed by atoms with Crippen LogP contribution < -0.4 is 16.0 Å². The molecule has 7 heteroatoms. The molecule has 2 atom stereocenters. The maximum absolute atomic E-state index is 12.2. The van der Waals surface area contributed by atoms with Crippen molar-refractivity contribution < 1.29 is 14.3 Å². The average molecular weight is 342 g/mol. The van der Waals surface area contributed by atoms with Gasteiger partial charge in [-0.15, -0.1) is 0 Å². The molecule has 0 spiro atoms. The number of ether oxygens (including phenoxy) is 1. The Balaban J connectivity index is 1.59. The van der Waals surface area contributed by atoms with Gasteiger partial charge < -0.3 is 20.4 Å². The number of cyclic esters (lactones) is 1. The minimum atomic E-state index is -0.379. The first-order valence-corrected chi connectivity index (χ1v) is 8.64. The van der Waals surface area contributed by atoms with Gasteiger partial charge in [-0.3, -0.25) is 9.69 Å². The molecule has 25 heavy (non-hydrogen) atoms. The molecule has 1 saturated heterocycles. The first-order chi connectivity index (χ1) is 12.0. The molecule has 0 bridgehead atoms.